The molecule has 132 valence electrons. The number of aromatic nitrogens is 2. The van der Waals surface area contributed by atoms with E-state index in [4.69, 9.17) is 16.0 Å². The van der Waals surface area contributed by atoms with E-state index in [-0.39, 0.29) is 10.1 Å². The molecule has 0 amide bonds. The maximum atomic E-state index is 12.6. The molecular formula is C15H14ClN3O3S3. The van der Waals surface area contributed by atoms with Crippen molar-refractivity contribution in [2.75, 3.05) is 13.1 Å². The van der Waals surface area contributed by atoms with Gasteiger partial charge in [0, 0.05) is 30.0 Å². The number of hydrogen-bond donors (Lipinski definition) is 0. The monoisotopic (exact) mass is 415 g/mol. The molecule has 0 aliphatic carbocycles. The van der Waals surface area contributed by atoms with Crippen molar-refractivity contribution in [2.45, 2.75) is 23.0 Å². The topological polar surface area (TPSA) is 76.3 Å². The van der Waals surface area contributed by atoms with Crippen molar-refractivity contribution >= 4 is 44.3 Å². The summed E-state index contributed by atoms with van der Waals surface area (Å²) in [7, 11) is -3.47. The fraction of sp³-hybridized carbons (Fsp3) is 0.333. The van der Waals surface area contributed by atoms with Crippen LogP contribution in [0.15, 0.2) is 37.6 Å². The van der Waals surface area contributed by atoms with Crippen LogP contribution >= 0.6 is 34.3 Å². The van der Waals surface area contributed by atoms with Gasteiger partial charge in [-0.15, -0.1) is 21.5 Å². The minimum Gasteiger partial charge on any atom is -0.420 e. The molecule has 1 saturated heterocycles. The number of thiophene rings is 2. The van der Waals surface area contributed by atoms with Gasteiger partial charge in [-0.2, -0.15) is 15.6 Å². The van der Waals surface area contributed by atoms with Crippen LogP contribution in [0.25, 0.3) is 11.5 Å². The Morgan fingerprint density at radius 3 is 2.64 bits per heavy atom. The average molecular weight is 416 g/mol. The lowest BCUT2D eigenvalue weighted by molar-refractivity contribution is 0.292. The summed E-state index contributed by atoms with van der Waals surface area (Å²) in [5, 5.41) is 12.2. The highest BCUT2D eigenvalue weighted by Gasteiger charge is 2.32. The van der Waals surface area contributed by atoms with Crippen LogP contribution in [0.2, 0.25) is 4.34 Å². The van der Waals surface area contributed by atoms with Gasteiger partial charge in [0.25, 0.3) is 10.0 Å². The molecule has 1 fully saturated rings. The van der Waals surface area contributed by atoms with Crippen molar-refractivity contribution in [3.63, 3.8) is 0 Å². The Balaban J connectivity index is 1.45. The second-order valence-electron chi connectivity index (χ2n) is 5.69. The molecule has 0 N–H and O–H groups in total. The zero-order chi connectivity index (χ0) is 17.4. The van der Waals surface area contributed by atoms with Crippen molar-refractivity contribution in [1.29, 1.82) is 0 Å². The molecule has 4 heterocycles. The maximum absolute atomic E-state index is 12.6. The number of hydrogen-bond acceptors (Lipinski definition) is 7. The van der Waals surface area contributed by atoms with Gasteiger partial charge in [-0.25, -0.2) is 8.42 Å². The molecule has 1 aliphatic rings. The molecule has 0 atom stereocenters. The van der Waals surface area contributed by atoms with Gasteiger partial charge in [-0.1, -0.05) is 11.6 Å². The van der Waals surface area contributed by atoms with E-state index in [9.17, 15) is 8.42 Å². The molecule has 6 nitrogen and oxygen atoms in total. The number of sulfonamides is 1. The van der Waals surface area contributed by atoms with Crippen LogP contribution in [-0.4, -0.2) is 36.0 Å². The first-order valence-corrected chi connectivity index (χ1v) is 11.2. The van der Waals surface area contributed by atoms with Crippen LogP contribution in [-0.2, 0) is 10.0 Å². The van der Waals surface area contributed by atoms with Crippen molar-refractivity contribution in [1.82, 2.24) is 14.5 Å². The molecule has 4 rings (SSSR count). The zero-order valence-electron chi connectivity index (χ0n) is 13.0. The molecule has 3 aromatic rings. The predicted octanol–water partition coefficient (Wildman–Crippen LogP) is 4.08. The lowest BCUT2D eigenvalue weighted by Gasteiger charge is -2.29. The van der Waals surface area contributed by atoms with Crippen molar-refractivity contribution in [3.05, 3.63) is 39.2 Å². The molecule has 0 radical (unpaired) electrons. The van der Waals surface area contributed by atoms with Gasteiger partial charge in [0.15, 0.2) is 0 Å². The fourth-order valence-corrected chi connectivity index (χ4v) is 6.55. The van der Waals surface area contributed by atoms with E-state index in [1.807, 2.05) is 16.8 Å². The summed E-state index contributed by atoms with van der Waals surface area (Å²) in [6.07, 6.45) is 1.31. The summed E-state index contributed by atoms with van der Waals surface area (Å²) in [5.74, 6) is 1.18. The number of nitrogens with zero attached hydrogens (tertiary/aromatic N) is 3. The van der Waals surface area contributed by atoms with Gasteiger partial charge in [0.05, 0.1) is 4.34 Å². The predicted molar refractivity (Wildman–Crippen MR) is 97.7 cm³/mol. The van der Waals surface area contributed by atoms with Gasteiger partial charge in [-0.3, -0.25) is 0 Å². The van der Waals surface area contributed by atoms with Crippen LogP contribution in [0.1, 0.15) is 24.7 Å². The van der Waals surface area contributed by atoms with E-state index in [0.29, 0.717) is 42.0 Å². The minimum atomic E-state index is -3.47. The second kappa shape index (κ2) is 6.81. The first kappa shape index (κ1) is 17.2. The minimum absolute atomic E-state index is 0.0817. The highest BCUT2D eigenvalue weighted by molar-refractivity contribution is 7.91. The van der Waals surface area contributed by atoms with E-state index in [2.05, 4.69) is 10.2 Å². The number of rotatable bonds is 4. The Bertz CT molecular complexity index is 957. The first-order valence-electron chi connectivity index (χ1n) is 7.65. The standard InChI is InChI=1S/C15H14ClN3O3S3/c16-12-1-2-13(24-12)25(20,21)19-6-3-10(4-7-19)14-17-18-15(22-14)11-5-8-23-9-11/h1-2,5,8-10H,3-4,6-7H2. The molecule has 10 heteroatoms. The van der Waals surface area contributed by atoms with Gasteiger partial charge >= 0.3 is 0 Å². The summed E-state index contributed by atoms with van der Waals surface area (Å²) in [6.45, 7) is 0.858. The van der Waals surface area contributed by atoms with Crippen LogP contribution in [0.5, 0.6) is 0 Å². The molecule has 0 unspecified atom stereocenters. The highest BCUT2D eigenvalue weighted by Crippen LogP contribution is 2.34. The Labute approximate surface area is 158 Å². The van der Waals surface area contributed by atoms with Crippen LogP contribution in [0.4, 0.5) is 0 Å². The summed E-state index contributed by atoms with van der Waals surface area (Å²) in [4.78, 5) is 0. The van der Waals surface area contributed by atoms with Crippen LogP contribution in [0, 0.1) is 0 Å². The molecule has 1 aliphatic heterocycles. The lowest BCUT2D eigenvalue weighted by Crippen LogP contribution is -2.37. The average Bonchev–Trinajstić information content (AvgIpc) is 3.35. The molecule has 3 aromatic heterocycles. The zero-order valence-corrected chi connectivity index (χ0v) is 16.2. The summed E-state index contributed by atoms with van der Waals surface area (Å²) in [6, 6.07) is 5.10. The van der Waals surface area contributed by atoms with Crippen LogP contribution < -0.4 is 0 Å². The molecular weight excluding hydrogens is 402 g/mol. The molecule has 0 aromatic carbocycles. The summed E-state index contributed by atoms with van der Waals surface area (Å²) < 4.78 is 33.3. The molecule has 25 heavy (non-hydrogen) atoms. The maximum Gasteiger partial charge on any atom is 0.252 e. The van der Waals surface area contributed by atoms with Crippen LogP contribution in [0.3, 0.4) is 0 Å². The fourth-order valence-electron chi connectivity index (χ4n) is 2.81. The van der Waals surface area contributed by atoms with Gasteiger partial charge in [-0.05, 0) is 36.4 Å². The molecule has 0 saturated carbocycles. The van der Waals surface area contributed by atoms with Crippen molar-refractivity contribution in [3.8, 4) is 11.5 Å². The van der Waals surface area contributed by atoms with Gasteiger partial charge in [0.2, 0.25) is 11.8 Å². The smallest absolute Gasteiger partial charge is 0.252 e. The Hall–Kier alpha value is -1.26. The third-order valence-corrected chi connectivity index (χ3v) is 8.44. The Morgan fingerprint density at radius 2 is 2.00 bits per heavy atom. The largest absolute Gasteiger partial charge is 0.420 e. The third kappa shape index (κ3) is 3.39. The van der Waals surface area contributed by atoms with E-state index < -0.39 is 10.0 Å². The first-order chi connectivity index (χ1) is 12.0. The normalized spacial score (nSPS) is 17.2. The number of halogens is 1. The Morgan fingerprint density at radius 1 is 1.20 bits per heavy atom. The van der Waals surface area contributed by atoms with Crippen molar-refractivity contribution in [2.24, 2.45) is 0 Å². The SMILES string of the molecule is O=S(=O)(c1ccc(Cl)s1)N1CCC(c2nnc(-c3ccsc3)o2)CC1. The van der Waals surface area contributed by atoms with E-state index >= 15 is 0 Å². The van der Waals surface area contributed by atoms with E-state index in [1.54, 1.807) is 23.5 Å². The van der Waals surface area contributed by atoms with Gasteiger partial charge in [0.1, 0.15) is 4.21 Å². The van der Waals surface area contributed by atoms with Crippen molar-refractivity contribution < 1.29 is 12.8 Å². The third-order valence-electron chi connectivity index (χ3n) is 4.15. The lowest BCUT2D eigenvalue weighted by atomic mass is 9.98. The molecule has 0 bridgehead atoms. The van der Waals surface area contributed by atoms with E-state index in [0.717, 1.165) is 16.9 Å². The summed E-state index contributed by atoms with van der Waals surface area (Å²) in [5.41, 5.74) is 0.915. The van der Waals surface area contributed by atoms with E-state index in [1.165, 1.54) is 4.31 Å². The Kier molecular flexibility index (Phi) is 4.67. The quantitative estimate of drug-likeness (QED) is 0.641. The highest BCUT2D eigenvalue weighted by atomic mass is 35.5. The summed E-state index contributed by atoms with van der Waals surface area (Å²) >= 11 is 8.52. The second-order valence-corrected chi connectivity index (χ2v) is 10.4. The molecule has 0 spiro atoms. The number of piperidine rings is 1. The van der Waals surface area contributed by atoms with Gasteiger partial charge < -0.3 is 4.42 Å².